The van der Waals surface area contributed by atoms with Gasteiger partial charge in [-0.3, -0.25) is 4.55 Å². The van der Waals surface area contributed by atoms with Crippen LogP contribution < -0.4 is 0 Å². The molecule has 0 aromatic heterocycles. The molecule has 22 heteroatoms. The zero-order valence-corrected chi connectivity index (χ0v) is 17.0. The van der Waals surface area contributed by atoms with E-state index in [4.69, 9.17) is 14.8 Å². The summed E-state index contributed by atoms with van der Waals surface area (Å²) in [6, 6.07) is 0. The fraction of sp³-hybridized carbons (Fsp3) is 0.846. The summed E-state index contributed by atoms with van der Waals surface area (Å²) in [5.41, 5.74) is -11.0. The van der Waals surface area contributed by atoms with E-state index in [-0.39, 0.29) is 0 Å². The lowest BCUT2D eigenvalue weighted by Crippen LogP contribution is -2.57. The topological polar surface area (TPSA) is 147 Å². The Morgan fingerprint density at radius 3 is 1.03 bits per heavy atom. The third-order valence-electron chi connectivity index (χ3n) is 4.02. The van der Waals surface area contributed by atoms with E-state index in [1.54, 1.807) is 0 Å². The van der Waals surface area contributed by atoms with Crippen molar-refractivity contribution in [3.8, 4) is 0 Å². The minimum atomic E-state index is -6.41. The SMILES string of the molecule is O=C(OCCC(O)(C(F)(F)F)C(F)(F)F)C(C(=O)OCCC(O)(C(F)(F)F)C(F)(F)F)S(=O)(=O)O. The highest BCUT2D eigenvalue weighted by Crippen LogP contribution is 2.46. The Bertz CT molecular complexity index is 788. The maximum Gasteiger partial charge on any atom is 0.426 e. The van der Waals surface area contributed by atoms with Crippen molar-refractivity contribution in [3.05, 3.63) is 0 Å². The van der Waals surface area contributed by atoms with E-state index in [1.807, 2.05) is 0 Å². The highest BCUT2D eigenvalue weighted by Gasteiger charge is 2.71. The fourth-order valence-corrected chi connectivity index (χ4v) is 2.60. The molecule has 35 heavy (non-hydrogen) atoms. The molecule has 0 spiro atoms. The zero-order valence-electron chi connectivity index (χ0n) is 16.1. The highest BCUT2D eigenvalue weighted by atomic mass is 32.2. The number of halogens is 12. The molecule has 0 amide bonds. The van der Waals surface area contributed by atoms with Crippen LogP contribution in [0.25, 0.3) is 0 Å². The first kappa shape index (κ1) is 32.9. The number of aliphatic hydroxyl groups is 2. The van der Waals surface area contributed by atoms with Crippen molar-refractivity contribution in [2.75, 3.05) is 13.2 Å². The van der Waals surface area contributed by atoms with Crippen molar-refractivity contribution in [2.24, 2.45) is 0 Å². The van der Waals surface area contributed by atoms with Crippen LogP contribution in [0.1, 0.15) is 12.8 Å². The van der Waals surface area contributed by atoms with Gasteiger partial charge in [-0.25, -0.2) is 9.59 Å². The predicted octanol–water partition coefficient (Wildman–Crippen LogP) is 1.82. The van der Waals surface area contributed by atoms with E-state index in [1.165, 1.54) is 0 Å². The molecular formula is C13H12F12O9S. The summed E-state index contributed by atoms with van der Waals surface area (Å²) in [6.45, 7) is -4.23. The van der Waals surface area contributed by atoms with Crippen LogP contribution in [0.4, 0.5) is 52.7 Å². The molecule has 0 aromatic carbocycles. The van der Waals surface area contributed by atoms with Gasteiger partial charge in [-0.05, 0) is 0 Å². The Hall–Kier alpha value is -2.07. The van der Waals surface area contributed by atoms with E-state index in [0.717, 1.165) is 0 Å². The highest BCUT2D eigenvalue weighted by molar-refractivity contribution is 7.88. The molecule has 0 heterocycles. The van der Waals surface area contributed by atoms with Gasteiger partial charge in [0.05, 0.1) is 13.2 Å². The van der Waals surface area contributed by atoms with Gasteiger partial charge in [0.15, 0.2) is 0 Å². The number of esters is 2. The van der Waals surface area contributed by atoms with Crippen molar-refractivity contribution in [2.45, 2.75) is 54.0 Å². The van der Waals surface area contributed by atoms with Crippen LogP contribution in [0, 0.1) is 0 Å². The number of carbonyl (C=O) groups excluding carboxylic acids is 2. The summed E-state index contributed by atoms with van der Waals surface area (Å²) in [4.78, 5) is 23.2. The molecule has 0 bridgehead atoms. The molecule has 0 aliphatic heterocycles. The number of carbonyl (C=O) groups is 2. The van der Waals surface area contributed by atoms with E-state index < -0.39 is 89.3 Å². The Kier molecular flexibility index (Phi) is 9.52. The molecule has 0 atom stereocenters. The number of rotatable bonds is 9. The van der Waals surface area contributed by atoms with E-state index >= 15 is 0 Å². The average molecular weight is 572 g/mol. The van der Waals surface area contributed by atoms with Gasteiger partial charge in [0, 0.05) is 12.8 Å². The van der Waals surface area contributed by atoms with Crippen molar-refractivity contribution in [1.82, 2.24) is 0 Å². The first-order valence-electron chi connectivity index (χ1n) is 8.14. The lowest BCUT2D eigenvalue weighted by Gasteiger charge is -2.32. The molecule has 0 saturated carbocycles. The summed E-state index contributed by atoms with van der Waals surface area (Å²) < 4.78 is 188. The minimum absolute atomic E-state index is 2.12. The fourth-order valence-electron chi connectivity index (χ4n) is 1.98. The summed E-state index contributed by atoms with van der Waals surface area (Å²) in [7, 11) is -6.07. The standard InChI is InChI=1S/C13H12F12O9S/c14-10(15,16)8(28,11(17,18)19)1-3-33-6(26)5(35(30,31)32)7(27)34-4-2-9(29,12(20,21)22)13(23,24)25/h5,28-29H,1-4H2,(H,30,31,32). The normalized spacial score (nSPS) is 14.7. The molecule has 9 nitrogen and oxygen atoms in total. The summed E-state index contributed by atoms with van der Waals surface area (Å²) in [5, 5.41) is 13.9. The van der Waals surface area contributed by atoms with Gasteiger partial charge >= 0.3 is 36.6 Å². The van der Waals surface area contributed by atoms with Crippen LogP contribution in [0.3, 0.4) is 0 Å². The molecule has 0 radical (unpaired) electrons. The van der Waals surface area contributed by atoms with Gasteiger partial charge in [0.1, 0.15) is 0 Å². The van der Waals surface area contributed by atoms with Gasteiger partial charge in [-0.15, -0.1) is 0 Å². The summed E-state index contributed by atoms with van der Waals surface area (Å²) >= 11 is 0. The van der Waals surface area contributed by atoms with E-state index in [0.29, 0.717) is 0 Å². The summed E-state index contributed by atoms with van der Waals surface area (Å²) in [5.74, 6) is -5.35. The smallest absolute Gasteiger partial charge is 0.426 e. The van der Waals surface area contributed by atoms with Gasteiger partial charge in [-0.1, -0.05) is 0 Å². The molecule has 0 aliphatic rings. The zero-order chi connectivity index (χ0) is 28.5. The van der Waals surface area contributed by atoms with E-state index in [9.17, 15) is 70.7 Å². The van der Waals surface area contributed by atoms with Crippen molar-refractivity contribution >= 4 is 22.1 Å². The Balaban J connectivity index is 5.51. The van der Waals surface area contributed by atoms with Crippen LogP contribution in [0.15, 0.2) is 0 Å². The average Bonchev–Trinajstić information content (AvgIpc) is 2.56. The summed E-state index contributed by atoms with van der Waals surface area (Å²) in [6.07, 6.45) is -30.7. The lowest BCUT2D eigenvalue weighted by atomic mass is 9.99. The van der Waals surface area contributed by atoms with Gasteiger partial charge in [0.2, 0.25) is 0 Å². The van der Waals surface area contributed by atoms with Gasteiger partial charge in [-0.2, -0.15) is 61.1 Å². The van der Waals surface area contributed by atoms with Gasteiger partial charge in [0.25, 0.3) is 26.6 Å². The Morgan fingerprint density at radius 1 is 0.629 bits per heavy atom. The quantitative estimate of drug-likeness (QED) is 0.163. The predicted molar refractivity (Wildman–Crippen MR) is 80.6 cm³/mol. The third kappa shape index (κ3) is 7.46. The third-order valence-corrected chi connectivity index (χ3v) is 5.00. The van der Waals surface area contributed by atoms with Crippen molar-refractivity contribution in [1.29, 1.82) is 0 Å². The maximum absolute atomic E-state index is 12.5. The molecule has 0 unspecified atom stereocenters. The number of alkyl halides is 12. The van der Waals surface area contributed by atoms with Crippen molar-refractivity contribution in [3.63, 3.8) is 0 Å². The first-order chi connectivity index (χ1) is 15.1. The van der Waals surface area contributed by atoms with E-state index in [2.05, 4.69) is 9.47 Å². The second-order valence-corrected chi connectivity index (χ2v) is 7.94. The largest absolute Gasteiger partial charge is 0.464 e. The molecule has 208 valence electrons. The van der Waals surface area contributed by atoms with Gasteiger partial charge < -0.3 is 19.7 Å². The Morgan fingerprint density at radius 2 is 0.857 bits per heavy atom. The number of hydrogen-bond acceptors (Lipinski definition) is 8. The second-order valence-electron chi connectivity index (χ2n) is 6.44. The molecular weight excluding hydrogens is 560 g/mol. The van der Waals surface area contributed by atoms with Crippen LogP contribution in [-0.4, -0.2) is 89.5 Å². The molecule has 0 aliphatic carbocycles. The number of ether oxygens (including phenoxy) is 2. The monoisotopic (exact) mass is 572 g/mol. The molecule has 0 saturated heterocycles. The lowest BCUT2D eigenvalue weighted by molar-refractivity contribution is -0.371. The Labute approximate surface area is 185 Å². The van der Waals surface area contributed by atoms with Crippen LogP contribution in [0.5, 0.6) is 0 Å². The number of hydrogen-bond donors (Lipinski definition) is 3. The molecule has 0 aromatic rings. The molecule has 0 fully saturated rings. The van der Waals surface area contributed by atoms with Crippen LogP contribution >= 0.6 is 0 Å². The first-order valence-corrected chi connectivity index (χ1v) is 9.65. The maximum atomic E-state index is 12.5. The van der Waals surface area contributed by atoms with Crippen LogP contribution in [-0.2, 0) is 29.2 Å². The molecule has 3 N–H and O–H groups in total. The molecule has 0 rings (SSSR count). The second kappa shape index (κ2) is 10.1. The van der Waals surface area contributed by atoms with Crippen molar-refractivity contribution < 1.29 is 94.9 Å². The minimum Gasteiger partial charge on any atom is -0.464 e. The van der Waals surface area contributed by atoms with Crippen LogP contribution in [0.2, 0.25) is 0 Å².